The van der Waals surface area contributed by atoms with Crippen LogP contribution in [0.15, 0.2) is 48.5 Å². The second kappa shape index (κ2) is 6.58. The van der Waals surface area contributed by atoms with Crippen LogP contribution in [0.2, 0.25) is 0 Å². The van der Waals surface area contributed by atoms with E-state index >= 15 is 0 Å². The summed E-state index contributed by atoms with van der Waals surface area (Å²) < 4.78 is 18.8. The van der Waals surface area contributed by atoms with Gasteiger partial charge < -0.3 is 9.22 Å². The first-order valence-electron chi connectivity index (χ1n) is 6.96. The topological polar surface area (TPSA) is 38.3 Å². The molecule has 116 valence electrons. The summed E-state index contributed by atoms with van der Waals surface area (Å²) in [5, 5.41) is 2.55. The lowest BCUT2D eigenvalue weighted by Crippen LogP contribution is -2.33. The number of ether oxygens (including phenoxy) is 1. The maximum Gasteiger partial charge on any atom is 0.417 e. The van der Waals surface area contributed by atoms with Crippen LogP contribution < -0.4 is 10.1 Å². The Labute approximate surface area is 129 Å². The maximum atomic E-state index is 12.8. The Kier molecular flexibility index (Phi) is 4.78. The zero-order valence-electron chi connectivity index (χ0n) is 13.0. The van der Waals surface area contributed by atoms with Gasteiger partial charge >= 0.3 is 6.09 Å². The predicted octanol–water partition coefficient (Wildman–Crippen LogP) is 3.64. The summed E-state index contributed by atoms with van der Waals surface area (Å²) in [6.45, 7) is 0.830. The lowest BCUT2D eigenvalue weighted by atomic mass is 10.2. The lowest BCUT2D eigenvalue weighted by molar-refractivity contribution is -0.884. The van der Waals surface area contributed by atoms with Crippen molar-refractivity contribution in [2.75, 3.05) is 26.5 Å². The minimum Gasteiger partial charge on any atom is -0.410 e. The van der Waals surface area contributed by atoms with Gasteiger partial charge in [0.25, 0.3) is 0 Å². The van der Waals surface area contributed by atoms with Crippen LogP contribution in [0.5, 0.6) is 5.75 Å². The number of benzene rings is 2. The third-order valence-electron chi connectivity index (χ3n) is 2.86. The van der Waals surface area contributed by atoms with Crippen LogP contribution in [0.1, 0.15) is 5.56 Å². The minimum atomic E-state index is -0.603. The van der Waals surface area contributed by atoms with Gasteiger partial charge in [-0.15, -0.1) is 0 Å². The van der Waals surface area contributed by atoms with Gasteiger partial charge in [0.2, 0.25) is 0 Å². The number of rotatable bonds is 4. The van der Waals surface area contributed by atoms with Crippen LogP contribution >= 0.6 is 0 Å². The van der Waals surface area contributed by atoms with Gasteiger partial charge in [-0.05, 0) is 36.4 Å². The van der Waals surface area contributed by atoms with Crippen molar-refractivity contribution in [3.63, 3.8) is 0 Å². The standard InChI is InChI=1S/C17H19FN2O2/c1-20(2,3)12-13-5-4-6-16(11-13)22-17(21)19-15-9-7-14(18)8-10-15/h4-11H,12H2,1-3H3/p+1. The largest absolute Gasteiger partial charge is 0.417 e. The van der Waals surface area contributed by atoms with Gasteiger partial charge in [0.05, 0.1) is 21.1 Å². The normalized spacial score (nSPS) is 11.1. The van der Waals surface area contributed by atoms with E-state index in [9.17, 15) is 9.18 Å². The van der Waals surface area contributed by atoms with Crippen molar-refractivity contribution in [3.8, 4) is 5.75 Å². The van der Waals surface area contributed by atoms with Gasteiger partial charge in [-0.25, -0.2) is 9.18 Å². The average Bonchev–Trinajstić information content (AvgIpc) is 2.40. The predicted molar refractivity (Wildman–Crippen MR) is 84.2 cm³/mol. The van der Waals surface area contributed by atoms with Gasteiger partial charge in [-0.3, -0.25) is 5.32 Å². The van der Waals surface area contributed by atoms with E-state index in [1.807, 2.05) is 18.2 Å². The number of nitrogens with zero attached hydrogens (tertiary/aromatic N) is 1. The van der Waals surface area contributed by atoms with Gasteiger partial charge in [0.15, 0.2) is 0 Å². The van der Waals surface area contributed by atoms with E-state index in [1.165, 1.54) is 24.3 Å². The molecule has 4 nitrogen and oxygen atoms in total. The number of carbonyl (C=O) groups excluding carboxylic acids is 1. The molecule has 0 saturated heterocycles. The quantitative estimate of drug-likeness (QED) is 0.876. The van der Waals surface area contributed by atoms with Crippen molar-refractivity contribution in [3.05, 3.63) is 59.9 Å². The second-order valence-electron chi connectivity index (χ2n) is 6.12. The van der Waals surface area contributed by atoms with E-state index < -0.39 is 6.09 Å². The van der Waals surface area contributed by atoms with Gasteiger partial charge in [-0.1, -0.05) is 12.1 Å². The molecule has 5 heteroatoms. The Hall–Kier alpha value is -2.40. The molecule has 2 aromatic carbocycles. The van der Waals surface area contributed by atoms with E-state index in [-0.39, 0.29) is 5.82 Å². The Morgan fingerprint density at radius 2 is 1.82 bits per heavy atom. The average molecular weight is 303 g/mol. The molecule has 0 aliphatic rings. The molecule has 1 amide bonds. The molecule has 0 heterocycles. The first-order valence-corrected chi connectivity index (χ1v) is 6.96. The molecule has 1 N–H and O–H groups in total. The molecule has 0 fully saturated rings. The van der Waals surface area contributed by atoms with Crippen molar-refractivity contribution in [2.45, 2.75) is 6.54 Å². The highest BCUT2D eigenvalue weighted by molar-refractivity contribution is 5.86. The molecule has 0 atom stereocenters. The van der Waals surface area contributed by atoms with E-state index in [1.54, 1.807) is 6.07 Å². The summed E-state index contributed by atoms with van der Waals surface area (Å²) in [7, 11) is 6.28. The number of carbonyl (C=O) groups is 1. The summed E-state index contributed by atoms with van der Waals surface area (Å²) in [6.07, 6.45) is -0.603. The van der Waals surface area contributed by atoms with Gasteiger partial charge in [0, 0.05) is 11.3 Å². The molecule has 0 bridgehead atoms. The molecule has 0 spiro atoms. The molecule has 0 unspecified atom stereocenters. The van der Waals surface area contributed by atoms with E-state index in [0.717, 1.165) is 16.6 Å². The van der Waals surface area contributed by atoms with E-state index in [2.05, 4.69) is 26.5 Å². The fourth-order valence-electron chi connectivity index (χ4n) is 2.04. The molecule has 2 aromatic rings. The molecule has 0 saturated carbocycles. The number of hydrogen-bond donors (Lipinski definition) is 1. The van der Waals surface area contributed by atoms with Gasteiger partial charge in [-0.2, -0.15) is 0 Å². The third-order valence-corrected chi connectivity index (χ3v) is 2.86. The zero-order chi connectivity index (χ0) is 16.2. The Balaban J connectivity index is 1.99. The Bertz CT molecular complexity index is 648. The molecular weight excluding hydrogens is 283 g/mol. The zero-order valence-corrected chi connectivity index (χ0v) is 13.0. The number of amides is 1. The smallest absolute Gasteiger partial charge is 0.410 e. The second-order valence-corrected chi connectivity index (χ2v) is 6.12. The van der Waals surface area contributed by atoms with Crippen LogP contribution in [-0.4, -0.2) is 31.7 Å². The highest BCUT2D eigenvalue weighted by Gasteiger charge is 2.11. The molecule has 0 aliphatic carbocycles. The summed E-state index contributed by atoms with van der Waals surface area (Å²) in [6, 6.07) is 12.9. The van der Waals surface area contributed by atoms with Crippen molar-refractivity contribution in [2.24, 2.45) is 0 Å². The van der Waals surface area contributed by atoms with E-state index in [4.69, 9.17) is 4.74 Å². The Morgan fingerprint density at radius 1 is 1.14 bits per heavy atom. The van der Waals surface area contributed by atoms with Gasteiger partial charge in [0.1, 0.15) is 18.1 Å². The molecule has 0 aliphatic heterocycles. The minimum absolute atomic E-state index is 0.355. The first-order chi connectivity index (χ1) is 10.3. The van der Waals surface area contributed by atoms with E-state index in [0.29, 0.717) is 11.4 Å². The molecule has 22 heavy (non-hydrogen) atoms. The van der Waals surface area contributed by atoms with Crippen molar-refractivity contribution in [1.82, 2.24) is 0 Å². The summed E-state index contributed by atoms with van der Waals surface area (Å²) in [5.41, 5.74) is 1.56. The van der Waals surface area contributed by atoms with Crippen LogP contribution in [0.4, 0.5) is 14.9 Å². The number of quaternary nitrogens is 1. The molecular formula is C17H20FN2O2+. The maximum absolute atomic E-state index is 12.8. The summed E-state index contributed by atoms with van der Waals surface area (Å²) in [4.78, 5) is 11.8. The fraction of sp³-hybridized carbons (Fsp3) is 0.235. The molecule has 0 aromatic heterocycles. The number of hydrogen-bond acceptors (Lipinski definition) is 2. The number of halogens is 1. The van der Waals surface area contributed by atoms with Crippen molar-refractivity contribution in [1.29, 1.82) is 0 Å². The summed E-state index contributed by atoms with van der Waals surface area (Å²) in [5.74, 6) is 0.123. The lowest BCUT2D eigenvalue weighted by Gasteiger charge is -2.24. The van der Waals surface area contributed by atoms with Crippen LogP contribution in [0.3, 0.4) is 0 Å². The van der Waals surface area contributed by atoms with Crippen LogP contribution in [0, 0.1) is 5.82 Å². The first kappa shape index (κ1) is 16.0. The monoisotopic (exact) mass is 303 g/mol. The number of anilines is 1. The Morgan fingerprint density at radius 3 is 2.45 bits per heavy atom. The van der Waals surface area contributed by atoms with Crippen LogP contribution in [0.25, 0.3) is 0 Å². The highest BCUT2D eigenvalue weighted by Crippen LogP contribution is 2.17. The molecule has 0 radical (unpaired) electrons. The SMILES string of the molecule is C[N+](C)(C)Cc1cccc(OC(=O)Nc2ccc(F)cc2)c1. The third kappa shape index (κ3) is 5.18. The number of nitrogens with one attached hydrogen (secondary N) is 1. The van der Waals surface area contributed by atoms with Crippen molar-refractivity contribution >= 4 is 11.8 Å². The summed E-state index contributed by atoms with van der Waals surface area (Å²) >= 11 is 0. The molecule has 2 rings (SSSR count). The fourth-order valence-corrected chi connectivity index (χ4v) is 2.04. The highest BCUT2D eigenvalue weighted by atomic mass is 19.1. The van der Waals surface area contributed by atoms with Crippen molar-refractivity contribution < 1.29 is 18.4 Å². The van der Waals surface area contributed by atoms with Crippen LogP contribution in [-0.2, 0) is 6.54 Å².